The smallest absolute Gasteiger partial charge is 0.262 e. The number of carbonyl (C=O) groups is 2. The lowest BCUT2D eigenvalue weighted by molar-refractivity contribution is -0.123. The average Bonchev–Trinajstić information content (AvgIpc) is 2.68. The van der Waals surface area contributed by atoms with E-state index in [1.165, 1.54) is 6.21 Å². The number of amides is 2. The van der Waals surface area contributed by atoms with Gasteiger partial charge in [-0.3, -0.25) is 9.59 Å². The van der Waals surface area contributed by atoms with E-state index < -0.39 is 6.04 Å². The molecule has 2 N–H and O–H groups in total. The van der Waals surface area contributed by atoms with Gasteiger partial charge in [-0.2, -0.15) is 5.10 Å². The number of carbonyl (C=O) groups excluding carboxylic acids is 2. The van der Waals surface area contributed by atoms with Crippen molar-refractivity contribution < 1.29 is 14.3 Å². The van der Waals surface area contributed by atoms with Gasteiger partial charge < -0.3 is 10.1 Å². The molecule has 0 aliphatic heterocycles. The number of nitrogens with zero attached hydrogens (tertiary/aromatic N) is 1. The van der Waals surface area contributed by atoms with Gasteiger partial charge in [0.1, 0.15) is 11.8 Å². The van der Waals surface area contributed by atoms with Crippen LogP contribution >= 0.6 is 15.9 Å². The Kier molecular flexibility index (Phi) is 8.39. The Morgan fingerprint density at radius 2 is 1.76 bits per heavy atom. The van der Waals surface area contributed by atoms with E-state index in [-0.39, 0.29) is 23.8 Å². The minimum atomic E-state index is -0.701. The third kappa shape index (κ3) is 7.02. The van der Waals surface area contributed by atoms with Crippen molar-refractivity contribution in [3.63, 3.8) is 0 Å². The lowest BCUT2D eigenvalue weighted by Gasteiger charge is -2.20. The van der Waals surface area contributed by atoms with Gasteiger partial charge in [0.2, 0.25) is 0 Å². The summed E-state index contributed by atoms with van der Waals surface area (Å²) < 4.78 is 6.48. The summed E-state index contributed by atoms with van der Waals surface area (Å²) in [6, 6.07) is 13.6. The molecule has 0 radical (unpaired) electrons. The van der Waals surface area contributed by atoms with Gasteiger partial charge >= 0.3 is 0 Å². The van der Waals surface area contributed by atoms with E-state index >= 15 is 0 Å². The molecule has 0 aromatic heterocycles. The fraction of sp³-hybridized carbons (Fsp3) is 0.318. The molecule has 0 spiro atoms. The fourth-order valence-electron chi connectivity index (χ4n) is 2.54. The first-order valence-electron chi connectivity index (χ1n) is 9.43. The van der Waals surface area contributed by atoms with E-state index in [0.29, 0.717) is 5.56 Å². The second-order valence-electron chi connectivity index (χ2n) is 7.15. The molecule has 0 aliphatic rings. The van der Waals surface area contributed by atoms with E-state index in [2.05, 4.69) is 31.8 Å². The normalized spacial score (nSPS) is 12.2. The first-order chi connectivity index (χ1) is 13.8. The summed E-state index contributed by atoms with van der Waals surface area (Å²) in [5.41, 5.74) is 3.80. The van der Waals surface area contributed by atoms with Gasteiger partial charge in [-0.1, -0.05) is 32.0 Å². The quantitative estimate of drug-likeness (QED) is 0.459. The van der Waals surface area contributed by atoms with Crippen molar-refractivity contribution in [1.29, 1.82) is 0 Å². The summed E-state index contributed by atoms with van der Waals surface area (Å²) in [6.07, 6.45) is 1.61. The van der Waals surface area contributed by atoms with Crippen LogP contribution in [-0.4, -0.2) is 30.2 Å². The van der Waals surface area contributed by atoms with Crippen molar-refractivity contribution in [1.82, 2.24) is 10.7 Å². The fourth-order valence-corrected chi connectivity index (χ4v) is 3.03. The van der Waals surface area contributed by atoms with Gasteiger partial charge in [0.25, 0.3) is 11.8 Å². The van der Waals surface area contributed by atoms with E-state index in [4.69, 9.17) is 4.74 Å². The summed E-state index contributed by atoms with van der Waals surface area (Å²) in [5, 5.41) is 6.79. The zero-order chi connectivity index (χ0) is 21.4. The van der Waals surface area contributed by atoms with E-state index in [1.54, 1.807) is 24.3 Å². The molecule has 2 rings (SSSR count). The molecule has 6 nitrogen and oxygen atoms in total. The number of ether oxygens (including phenoxy) is 1. The maximum atomic E-state index is 12.5. The number of rotatable bonds is 8. The molecule has 154 valence electrons. The largest absolute Gasteiger partial charge is 0.490 e. The minimum absolute atomic E-state index is 0.0733. The third-order valence-corrected chi connectivity index (χ3v) is 4.60. The summed E-state index contributed by atoms with van der Waals surface area (Å²) in [5.74, 6) is -0.0309. The Labute approximate surface area is 179 Å². The summed E-state index contributed by atoms with van der Waals surface area (Å²) in [4.78, 5) is 24.9. The zero-order valence-electron chi connectivity index (χ0n) is 17.0. The SMILES string of the molecule is CC(C)Oc1ccc(/C=N/NC(=O)C(NC(=O)c2ccccc2)C(C)C)cc1Br. The highest BCUT2D eigenvalue weighted by Crippen LogP contribution is 2.26. The van der Waals surface area contributed by atoms with Crippen LogP contribution in [0.1, 0.15) is 43.6 Å². The van der Waals surface area contributed by atoms with Crippen molar-refractivity contribution >= 4 is 34.0 Å². The molecule has 2 aromatic carbocycles. The number of hydrazone groups is 1. The Morgan fingerprint density at radius 1 is 1.07 bits per heavy atom. The van der Waals surface area contributed by atoms with E-state index in [9.17, 15) is 9.59 Å². The maximum absolute atomic E-state index is 12.5. The molecule has 0 heterocycles. The number of hydrogen-bond acceptors (Lipinski definition) is 4. The zero-order valence-corrected chi connectivity index (χ0v) is 18.6. The van der Waals surface area contributed by atoms with Gasteiger partial charge in [0.15, 0.2) is 0 Å². The van der Waals surface area contributed by atoms with Crippen LogP contribution in [0.3, 0.4) is 0 Å². The van der Waals surface area contributed by atoms with Crippen molar-refractivity contribution in [2.24, 2.45) is 11.0 Å². The summed E-state index contributed by atoms with van der Waals surface area (Å²) in [6.45, 7) is 7.64. The van der Waals surface area contributed by atoms with Crippen LogP contribution in [0.2, 0.25) is 0 Å². The average molecular weight is 460 g/mol. The third-order valence-electron chi connectivity index (χ3n) is 3.98. The van der Waals surface area contributed by atoms with Crippen molar-refractivity contribution in [3.05, 3.63) is 64.1 Å². The molecule has 0 bridgehead atoms. The van der Waals surface area contributed by atoms with Gasteiger partial charge in [0.05, 0.1) is 16.8 Å². The van der Waals surface area contributed by atoms with Crippen LogP contribution < -0.4 is 15.5 Å². The molecular weight excluding hydrogens is 434 g/mol. The second-order valence-corrected chi connectivity index (χ2v) is 8.01. The number of hydrogen-bond donors (Lipinski definition) is 2. The van der Waals surface area contributed by atoms with Crippen LogP contribution in [0.15, 0.2) is 58.1 Å². The molecule has 7 heteroatoms. The molecule has 2 amide bonds. The Balaban J connectivity index is 1.99. The van der Waals surface area contributed by atoms with Crippen LogP contribution in [0, 0.1) is 5.92 Å². The van der Waals surface area contributed by atoms with Gasteiger partial charge in [-0.15, -0.1) is 0 Å². The van der Waals surface area contributed by atoms with Crippen LogP contribution in [0.5, 0.6) is 5.75 Å². The second kappa shape index (κ2) is 10.8. The molecule has 1 unspecified atom stereocenters. The number of benzene rings is 2. The molecule has 2 aromatic rings. The van der Waals surface area contributed by atoms with Gasteiger partial charge in [-0.25, -0.2) is 5.43 Å². The molecule has 0 saturated carbocycles. The lowest BCUT2D eigenvalue weighted by atomic mass is 10.0. The first-order valence-corrected chi connectivity index (χ1v) is 10.2. The van der Waals surface area contributed by atoms with Crippen LogP contribution in [0.4, 0.5) is 0 Å². The predicted molar refractivity (Wildman–Crippen MR) is 118 cm³/mol. The lowest BCUT2D eigenvalue weighted by Crippen LogP contribution is -2.48. The van der Waals surface area contributed by atoms with Crippen molar-refractivity contribution in [3.8, 4) is 5.75 Å². The molecule has 0 fully saturated rings. The molecule has 0 saturated heterocycles. The van der Waals surface area contributed by atoms with Gasteiger partial charge in [0, 0.05) is 5.56 Å². The van der Waals surface area contributed by atoms with E-state index in [1.807, 2.05) is 52.0 Å². The predicted octanol–water partition coefficient (Wildman–Crippen LogP) is 4.14. The Bertz CT molecular complexity index is 867. The Hall–Kier alpha value is -2.67. The van der Waals surface area contributed by atoms with Crippen LogP contribution in [-0.2, 0) is 4.79 Å². The topological polar surface area (TPSA) is 79.8 Å². The highest BCUT2D eigenvalue weighted by Gasteiger charge is 2.24. The maximum Gasteiger partial charge on any atom is 0.262 e. The van der Waals surface area contributed by atoms with Gasteiger partial charge in [-0.05, 0) is 71.6 Å². The highest BCUT2D eigenvalue weighted by molar-refractivity contribution is 9.10. The minimum Gasteiger partial charge on any atom is -0.490 e. The molecule has 29 heavy (non-hydrogen) atoms. The molecular formula is C22H26BrN3O3. The molecule has 0 aliphatic carbocycles. The van der Waals surface area contributed by atoms with Crippen molar-refractivity contribution in [2.75, 3.05) is 0 Å². The van der Waals surface area contributed by atoms with E-state index in [0.717, 1.165) is 15.8 Å². The summed E-state index contributed by atoms with van der Waals surface area (Å²) in [7, 11) is 0. The van der Waals surface area contributed by atoms with Crippen LogP contribution in [0.25, 0.3) is 0 Å². The monoisotopic (exact) mass is 459 g/mol. The Morgan fingerprint density at radius 3 is 2.34 bits per heavy atom. The van der Waals surface area contributed by atoms with Crippen molar-refractivity contribution in [2.45, 2.75) is 39.8 Å². The number of nitrogens with one attached hydrogen (secondary N) is 2. The first kappa shape index (κ1) is 22.6. The number of halogens is 1. The molecule has 1 atom stereocenters. The summed E-state index contributed by atoms with van der Waals surface area (Å²) >= 11 is 3.47. The standard InChI is InChI=1S/C22H26BrN3O3/c1-14(2)20(25-21(27)17-8-6-5-7-9-17)22(28)26-24-13-16-10-11-19(18(23)12-16)29-15(3)4/h5-15,20H,1-4H3,(H,25,27)(H,26,28)/b24-13+. The highest BCUT2D eigenvalue weighted by atomic mass is 79.9.